The van der Waals surface area contributed by atoms with E-state index in [1.807, 2.05) is 29.2 Å². The second kappa shape index (κ2) is 12.8. The Bertz CT molecular complexity index is 993. The fourth-order valence-corrected chi connectivity index (χ4v) is 4.61. The molecule has 0 amide bonds. The predicted octanol–water partition coefficient (Wildman–Crippen LogP) is 4.35. The number of anilines is 1. The topological polar surface area (TPSA) is 67.2 Å². The Kier molecular flexibility index (Phi) is 9.78. The van der Waals surface area contributed by atoms with E-state index in [2.05, 4.69) is 54.8 Å². The SMILES string of the molecule is C=C1CCN(CCO)C1=CC=C(C)C(c1ccc(Cl)cc1)c1ccc(N(CCO)CCO)cc1. The molecule has 0 aliphatic carbocycles. The zero-order valence-corrected chi connectivity index (χ0v) is 20.6. The normalized spacial score (nSPS) is 16.4. The Morgan fingerprint density at radius 3 is 2.15 bits per heavy atom. The number of hydrogen-bond acceptors (Lipinski definition) is 5. The maximum absolute atomic E-state index is 9.39. The van der Waals surface area contributed by atoms with Gasteiger partial charge in [0.05, 0.1) is 19.8 Å². The molecule has 1 fully saturated rings. The van der Waals surface area contributed by atoms with E-state index in [1.165, 1.54) is 5.57 Å². The van der Waals surface area contributed by atoms with Crippen LogP contribution in [0, 0.1) is 0 Å². The minimum atomic E-state index is 0.0320. The van der Waals surface area contributed by atoms with Crippen molar-refractivity contribution in [3.8, 4) is 0 Å². The first-order valence-corrected chi connectivity index (χ1v) is 12.1. The van der Waals surface area contributed by atoms with Gasteiger partial charge in [0.25, 0.3) is 0 Å². The quantitative estimate of drug-likeness (QED) is 0.444. The zero-order chi connectivity index (χ0) is 24.5. The number of aliphatic hydroxyl groups excluding tert-OH is 3. The van der Waals surface area contributed by atoms with E-state index in [0.29, 0.717) is 24.7 Å². The molecule has 1 heterocycles. The first-order chi connectivity index (χ1) is 16.5. The van der Waals surface area contributed by atoms with Crippen molar-refractivity contribution in [2.45, 2.75) is 19.3 Å². The number of rotatable bonds is 11. The lowest BCUT2D eigenvalue weighted by atomic mass is 9.85. The summed E-state index contributed by atoms with van der Waals surface area (Å²) in [5.41, 5.74) is 6.61. The first-order valence-electron chi connectivity index (χ1n) is 11.7. The van der Waals surface area contributed by atoms with Crippen LogP contribution in [0.1, 0.15) is 30.4 Å². The second-order valence-corrected chi connectivity index (χ2v) is 8.97. The maximum Gasteiger partial charge on any atom is 0.0606 e. The van der Waals surface area contributed by atoms with Crippen molar-refractivity contribution >= 4 is 17.3 Å². The Morgan fingerprint density at radius 2 is 1.59 bits per heavy atom. The highest BCUT2D eigenvalue weighted by Crippen LogP contribution is 2.34. The summed E-state index contributed by atoms with van der Waals surface area (Å²) in [6.07, 6.45) is 5.17. The van der Waals surface area contributed by atoms with Gasteiger partial charge < -0.3 is 25.1 Å². The molecule has 6 heteroatoms. The van der Waals surface area contributed by atoms with Crippen molar-refractivity contribution in [3.63, 3.8) is 0 Å². The predicted molar refractivity (Wildman–Crippen MR) is 140 cm³/mol. The van der Waals surface area contributed by atoms with Crippen LogP contribution in [0.5, 0.6) is 0 Å². The molecule has 0 aromatic heterocycles. The monoisotopic (exact) mass is 482 g/mol. The molecule has 0 bridgehead atoms. The number of nitrogens with zero attached hydrogens (tertiary/aromatic N) is 2. The molecule has 1 atom stereocenters. The fraction of sp³-hybridized carbons (Fsp3) is 0.357. The standard InChI is InChI=1S/C28H35ClN2O3/c1-21-13-14-31(17-20-34)27(21)12-3-22(2)28(23-4-8-25(29)9-5-23)24-6-10-26(11-7-24)30(15-18-32)16-19-33/h3-12,28,32-34H,1,13-20H2,2H3. The van der Waals surface area contributed by atoms with Crippen LogP contribution in [0.25, 0.3) is 0 Å². The number of hydrogen-bond donors (Lipinski definition) is 3. The summed E-state index contributed by atoms with van der Waals surface area (Å²) in [4.78, 5) is 4.14. The van der Waals surface area contributed by atoms with E-state index in [-0.39, 0.29) is 25.7 Å². The van der Waals surface area contributed by atoms with E-state index in [1.54, 1.807) is 0 Å². The molecule has 182 valence electrons. The molecule has 0 saturated carbocycles. The molecule has 1 aliphatic rings. The second-order valence-electron chi connectivity index (χ2n) is 8.54. The molecule has 5 nitrogen and oxygen atoms in total. The summed E-state index contributed by atoms with van der Waals surface area (Å²) < 4.78 is 0. The van der Waals surface area contributed by atoms with E-state index < -0.39 is 0 Å². The summed E-state index contributed by atoms with van der Waals surface area (Å²) in [5.74, 6) is 0.0354. The maximum atomic E-state index is 9.39. The molecule has 3 rings (SSSR count). The summed E-state index contributed by atoms with van der Waals surface area (Å²) in [5, 5.41) is 28.8. The summed E-state index contributed by atoms with van der Waals surface area (Å²) in [6.45, 7) is 8.95. The van der Waals surface area contributed by atoms with Crippen molar-refractivity contribution < 1.29 is 15.3 Å². The molecule has 34 heavy (non-hydrogen) atoms. The minimum Gasteiger partial charge on any atom is -0.395 e. The minimum absolute atomic E-state index is 0.0320. The number of benzene rings is 2. The summed E-state index contributed by atoms with van der Waals surface area (Å²) >= 11 is 6.16. The molecule has 0 radical (unpaired) electrons. The van der Waals surface area contributed by atoms with Gasteiger partial charge in [-0.25, -0.2) is 0 Å². The molecule has 0 spiro atoms. The molecule has 1 saturated heterocycles. The highest BCUT2D eigenvalue weighted by molar-refractivity contribution is 6.30. The molecule has 1 aliphatic heterocycles. The van der Waals surface area contributed by atoms with Gasteiger partial charge in [-0.3, -0.25) is 0 Å². The number of β-amino-alcohol motifs (C(OH)–C–C–N with tert-alkyl or cyclic N) is 1. The third-order valence-electron chi connectivity index (χ3n) is 6.25. The lowest BCUT2D eigenvalue weighted by Gasteiger charge is -2.25. The number of halogens is 1. The van der Waals surface area contributed by atoms with Gasteiger partial charge in [0.2, 0.25) is 0 Å². The van der Waals surface area contributed by atoms with E-state index in [9.17, 15) is 15.3 Å². The summed E-state index contributed by atoms with van der Waals surface area (Å²) in [6, 6.07) is 16.2. The largest absolute Gasteiger partial charge is 0.395 e. The van der Waals surface area contributed by atoms with Gasteiger partial charge in [0.15, 0.2) is 0 Å². The van der Waals surface area contributed by atoms with Crippen LogP contribution in [0.4, 0.5) is 5.69 Å². The molecule has 3 N–H and O–H groups in total. The van der Waals surface area contributed by atoms with Gasteiger partial charge >= 0.3 is 0 Å². The average molecular weight is 483 g/mol. The fourth-order valence-electron chi connectivity index (χ4n) is 4.49. The molecular weight excluding hydrogens is 448 g/mol. The number of likely N-dealkylation sites (tertiary alicyclic amines) is 1. The zero-order valence-electron chi connectivity index (χ0n) is 19.8. The Hall–Kier alpha value is -2.57. The van der Waals surface area contributed by atoms with Crippen molar-refractivity contribution in [2.24, 2.45) is 0 Å². The van der Waals surface area contributed by atoms with Crippen molar-refractivity contribution in [2.75, 3.05) is 50.9 Å². The van der Waals surface area contributed by atoms with E-state index in [0.717, 1.165) is 41.1 Å². The van der Waals surface area contributed by atoms with Gasteiger partial charge in [-0.05, 0) is 60.4 Å². The Morgan fingerprint density at radius 1 is 1.00 bits per heavy atom. The number of allylic oxidation sites excluding steroid dienone is 4. The lowest BCUT2D eigenvalue weighted by Crippen LogP contribution is -2.29. The smallest absolute Gasteiger partial charge is 0.0606 e. The van der Waals surface area contributed by atoms with Gasteiger partial charge in [-0.1, -0.05) is 54.1 Å². The average Bonchev–Trinajstić information content (AvgIpc) is 3.18. The van der Waals surface area contributed by atoms with E-state index in [4.69, 9.17) is 11.6 Å². The molecular formula is C28H35ClN2O3. The van der Waals surface area contributed by atoms with Crippen molar-refractivity contribution in [3.05, 3.63) is 100 Å². The van der Waals surface area contributed by atoms with Crippen LogP contribution in [0.15, 0.2) is 84.1 Å². The van der Waals surface area contributed by atoms with Crippen LogP contribution >= 0.6 is 11.6 Å². The van der Waals surface area contributed by atoms with Gasteiger partial charge in [-0.15, -0.1) is 0 Å². The first kappa shape index (κ1) is 26.0. The number of aliphatic hydroxyl groups is 3. The Balaban J connectivity index is 1.96. The highest BCUT2D eigenvalue weighted by atomic mass is 35.5. The molecule has 1 unspecified atom stereocenters. The van der Waals surface area contributed by atoms with Crippen LogP contribution < -0.4 is 4.90 Å². The molecule has 2 aromatic carbocycles. The third kappa shape index (κ3) is 6.51. The molecule has 2 aromatic rings. The Labute approximate surface area is 207 Å². The van der Waals surface area contributed by atoms with Gasteiger partial charge in [0.1, 0.15) is 0 Å². The lowest BCUT2D eigenvalue weighted by molar-refractivity contribution is 0.240. The summed E-state index contributed by atoms with van der Waals surface area (Å²) in [7, 11) is 0. The van der Waals surface area contributed by atoms with Crippen molar-refractivity contribution in [1.82, 2.24) is 4.90 Å². The van der Waals surface area contributed by atoms with Crippen LogP contribution in [-0.2, 0) is 0 Å². The van der Waals surface area contributed by atoms with Crippen LogP contribution in [0.3, 0.4) is 0 Å². The van der Waals surface area contributed by atoms with Gasteiger partial charge in [-0.2, -0.15) is 0 Å². The highest BCUT2D eigenvalue weighted by Gasteiger charge is 2.20. The van der Waals surface area contributed by atoms with Crippen molar-refractivity contribution in [1.29, 1.82) is 0 Å². The van der Waals surface area contributed by atoms with Gasteiger partial charge in [0, 0.05) is 48.5 Å². The van der Waals surface area contributed by atoms with Crippen LogP contribution in [0.2, 0.25) is 5.02 Å². The van der Waals surface area contributed by atoms with E-state index >= 15 is 0 Å². The van der Waals surface area contributed by atoms with Crippen LogP contribution in [-0.4, -0.2) is 66.2 Å². The third-order valence-corrected chi connectivity index (χ3v) is 6.50.